The topological polar surface area (TPSA) is 47.9 Å². The highest BCUT2D eigenvalue weighted by Gasteiger charge is 2.01. The van der Waals surface area contributed by atoms with E-state index < -0.39 is 0 Å². The number of hydrogen-bond acceptors (Lipinski definition) is 4. The summed E-state index contributed by atoms with van der Waals surface area (Å²) < 4.78 is 5.50. The van der Waals surface area contributed by atoms with E-state index in [1.165, 1.54) is 0 Å². The molecule has 2 aromatic rings. The van der Waals surface area contributed by atoms with Gasteiger partial charge >= 0.3 is 0 Å². The lowest BCUT2D eigenvalue weighted by molar-refractivity contribution is 0.307. The summed E-state index contributed by atoms with van der Waals surface area (Å²) in [5.41, 5.74) is 1.78. The molecule has 0 saturated carbocycles. The maximum Gasteiger partial charge on any atom is 0.225 e. The van der Waals surface area contributed by atoms with Crippen LogP contribution in [0.25, 0.3) is 0 Å². The summed E-state index contributed by atoms with van der Waals surface area (Å²) in [6.07, 6.45) is 2.50. The van der Waals surface area contributed by atoms with Crippen molar-refractivity contribution >= 4 is 11.6 Å². The minimum atomic E-state index is 0.206. The molecular weight excluding hydrogens is 238 g/mol. The minimum absolute atomic E-state index is 0.206. The number of aromatic nitrogens is 3. The highest BCUT2D eigenvalue weighted by Crippen LogP contribution is 2.12. The van der Waals surface area contributed by atoms with Crippen molar-refractivity contribution in [2.75, 3.05) is 6.61 Å². The van der Waals surface area contributed by atoms with E-state index >= 15 is 0 Å². The van der Waals surface area contributed by atoms with Crippen LogP contribution in [0.2, 0.25) is 5.28 Å². The Hall–Kier alpha value is -1.68. The molecule has 0 aromatic carbocycles. The van der Waals surface area contributed by atoms with Gasteiger partial charge in [-0.3, -0.25) is 4.98 Å². The third kappa shape index (κ3) is 3.67. The highest BCUT2D eigenvalue weighted by atomic mass is 35.5. The van der Waals surface area contributed by atoms with Gasteiger partial charge in [-0.1, -0.05) is 6.07 Å². The average Bonchev–Trinajstić information content (AvgIpc) is 2.29. The van der Waals surface area contributed by atoms with Crippen LogP contribution in [-0.2, 0) is 6.42 Å². The molecule has 2 rings (SSSR count). The molecule has 5 heteroatoms. The molecule has 2 aromatic heterocycles. The fraction of sp³-hybridized carbons (Fsp3) is 0.250. The highest BCUT2D eigenvalue weighted by molar-refractivity contribution is 6.28. The molecule has 0 amide bonds. The second-order valence-electron chi connectivity index (χ2n) is 3.54. The van der Waals surface area contributed by atoms with Crippen molar-refractivity contribution < 1.29 is 4.74 Å². The van der Waals surface area contributed by atoms with E-state index in [2.05, 4.69) is 15.0 Å². The molecule has 0 bridgehead atoms. The zero-order chi connectivity index (χ0) is 12.1. The van der Waals surface area contributed by atoms with Crippen LogP contribution < -0.4 is 4.74 Å². The molecule has 2 heterocycles. The first kappa shape index (κ1) is 11.8. The predicted molar refractivity (Wildman–Crippen MR) is 65.2 cm³/mol. The van der Waals surface area contributed by atoms with Gasteiger partial charge in [0.2, 0.25) is 11.2 Å². The van der Waals surface area contributed by atoms with E-state index in [4.69, 9.17) is 16.3 Å². The van der Waals surface area contributed by atoms with Crippen molar-refractivity contribution in [1.82, 2.24) is 15.0 Å². The van der Waals surface area contributed by atoms with Gasteiger partial charge in [0.15, 0.2) is 0 Å². The van der Waals surface area contributed by atoms with Gasteiger partial charge < -0.3 is 4.74 Å². The lowest BCUT2D eigenvalue weighted by atomic mass is 10.3. The fourth-order valence-corrected chi connectivity index (χ4v) is 1.60. The predicted octanol–water partition coefficient (Wildman–Crippen LogP) is 2.45. The molecular formula is C12H12ClN3O. The van der Waals surface area contributed by atoms with E-state index in [0.29, 0.717) is 12.5 Å². The van der Waals surface area contributed by atoms with Gasteiger partial charge in [0.05, 0.1) is 6.61 Å². The molecule has 0 fully saturated rings. The summed E-state index contributed by atoms with van der Waals surface area (Å²) in [6.45, 7) is 2.36. The third-order valence-corrected chi connectivity index (χ3v) is 2.31. The van der Waals surface area contributed by atoms with Gasteiger partial charge in [-0.25, -0.2) is 4.98 Å². The molecule has 0 aliphatic heterocycles. The van der Waals surface area contributed by atoms with E-state index in [1.54, 1.807) is 12.3 Å². The van der Waals surface area contributed by atoms with Crippen molar-refractivity contribution in [1.29, 1.82) is 0 Å². The molecule has 0 N–H and O–H groups in total. The minimum Gasteiger partial charge on any atom is -0.477 e. The molecule has 4 nitrogen and oxygen atoms in total. The molecule has 0 radical (unpaired) electrons. The molecule has 17 heavy (non-hydrogen) atoms. The Morgan fingerprint density at radius 3 is 2.88 bits per heavy atom. The number of ether oxygens (including phenoxy) is 1. The Bertz CT molecular complexity index is 470. The van der Waals surface area contributed by atoms with E-state index in [1.807, 2.05) is 25.1 Å². The maximum absolute atomic E-state index is 5.73. The SMILES string of the molecule is Cc1cc(OCCc2ccccn2)nc(Cl)n1. The van der Waals surface area contributed by atoms with Crippen LogP contribution in [0, 0.1) is 6.92 Å². The first-order chi connectivity index (χ1) is 8.24. The Kier molecular flexibility index (Phi) is 3.88. The Morgan fingerprint density at radius 2 is 2.18 bits per heavy atom. The number of aryl methyl sites for hydroxylation is 1. The number of pyridine rings is 1. The second-order valence-corrected chi connectivity index (χ2v) is 3.87. The average molecular weight is 250 g/mol. The molecule has 0 saturated heterocycles. The first-order valence-electron chi connectivity index (χ1n) is 5.28. The third-order valence-electron chi connectivity index (χ3n) is 2.14. The van der Waals surface area contributed by atoms with Gasteiger partial charge in [0.25, 0.3) is 0 Å². The summed E-state index contributed by atoms with van der Waals surface area (Å²) in [5.74, 6) is 0.499. The van der Waals surface area contributed by atoms with Crippen LogP contribution >= 0.6 is 11.6 Å². The molecule has 0 unspecified atom stereocenters. The van der Waals surface area contributed by atoms with Crippen LogP contribution in [0.4, 0.5) is 0 Å². The second kappa shape index (κ2) is 5.59. The van der Waals surface area contributed by atoms with Crippen LogP contribution in [0.3, 0.4) is 0 Å². The molecule has 0 atom stereocenters. The fourth-order valence-electron chi connectivity index (χ4n) is 1.38. The number of halogens is 1. The van der Waals surface area contributed by atoms with E-state index in [9.17, 15) is 0 Å². The molecule has 0 spiro atoms. The quantitative estimate of drug-likeness (QED) is 0.781. The largest absolute Gasteiger partial charge is 0.477 e. The van der Waals surface area contributed by atoms with Gasteiger partial charge in [-0.15, -0.1) is 0 Å². The summed E-state index contributed by atoms with van der Waals surface area (Å²) >= 11 is 5.73. The van der Waals surface area contributed by atoms with Gasteiger partial charge in [-0.2, -0.15) is 4.98 Å². The van der Waals surface area contributed by atoms with Crippen molar-refractivity contribution in [3.05, 3.63) is 47.1 Å². The van der Waals surface area contributed by atoms with Crippen molar-refractivity contribution in [2.45, 2.75) is 13.3 Å². The van der Waals surface area contributed by atoms with E-state index in [0.717, 1.165) is 17.8 Å². The lowest BCUT2D eigenvalue weighted by Crippen LogP contribution is -2.04. The van der Waals surface area contributed by atoms with Crippen LogP contribution in [-0.4, -0.2) is 21.6 Å². The monoisotopic (exact) mass is 249 g/mol. The molecule has 88 valence electrons. The standard InChI is InChI=1S/C12H12ClN3O/c1-9-8-11(16-12(13)15-9)17-7-5-10-4-2-3-6-14-10/h2-4,6,8H,5,7H2,1H3. The number of nitrogens with zero attached hydrogens (tertiary/aromatic N) is 3. The normalized spacial score (nSPS) is 10.2. The zero-order valence-corrected chi connectivity index (χ0v) is 10.2. The van der Waals surface area contributed by atoms with Crippen LogP contribution in [0.5, 0.6) is 5.88 Å². The van der Waals surface area contributed by atoms with E-state index in [-0.39, 0.29) is 5.28 Å². The first-order valence-corrected chi connectivity index (χ1v) is 5.66. The lowest BCUT2D eigenvalue weighted by Gasteiger charge is -2.05. The number of rotatable bonds is 4. The Labute approximate surface area is 105 Å². The zero-order valence-electron chi connectivity index (χ0n) is 9.43. The maximum atomic E-state index is 5.73. The van der Waals surface area contributed by atoms with Crippen molar-refractivity contribution in [3.8, 4) is 5.88 Å². The van der Waals surface area contributed by atoms with Crippen molar-refractivity contribution in [2.24, 2.45) is 0 Å². The Morgan fingerprint density at radius 1 is 1.29 bits per heavy atom. The van der Waals surface area contributed by atoms with Gasteiger partial charge in [0.1, 0.15) is 0 Å². The number of hydrogen-bond donors (Lipinski definition) is 0. The summed E-state index contributed by atoms with van der Waals surface area (Å²) in [5, 5.41) is 0.206. The molecule has 0 aliphatic rings. The summed E-state index contributed by atoms with van der Waals surface area (Å²) in [6, 6.07) is 7.55. The van der Waals surface area contributed by atoms with Crippen molar-refractivity contribution in [3.63, 3.8) is 0 Å². The van der Waals surface area contributed by atoms with Crippen LogP contribution in [0.1, 0.15) is 11.4 Å². The van der Waals surface area contributed by atoms with Crippen LogP contribution in [0.15, 0.2) is 30.5 Å². The summed E-state index contributed by atoms with van der Waals surface area (Å²) in [7, 11) is 0. The van der Waals surface area contributed by atoms with Gasteiger partial charge in [0, 0.05) is 30.1 Å². The Balaban J connectivity index is 1.90. The van der Waals surface area contributed by atoms with Gasteiger partial charge in [-0.05, 0) is 30.7 Å². The summed E-state index contributed by atoms with van der Waals surface area (Å²) in [4.78, 5) is 12.1. The molecule has 0 aliphatic carbocycles. The smallest absolute Gasteiger partial charge is 0.225 e.